The molecule has 124 valence electrons. The number of Topliss-reactive ketones (excluding diaryl/α,β-unsaturated/α-hetero) is 1. The minimum Gasteiger partial charge on any atom is -0.375 e. The van der Waals surface area contributed by atoms with Gasteiger partial charge in [-0.25, -0.2) is 0 Å². The maximum Gasteiger partial charge on any atom is 0.264 e. The number of benzene rings is 2. The highest BCUT2D eigenvalue weighted by atomic mass is 16.3. The van der Waals surface area contributed by atoms with Gasteiger partial charge in [0.05, 0.1) is 5.69 Å². The number of nitrogens with zero attached hydrogens (tertiary/aromatic N) is 1. The highest BCUT2D eigenvalue weighted by Crippen LogP contribution is 2.44. The van der Waals surface area contributed by atoms with E-state index in [1.807, 2.05) is 49.4 Å². The van der Waals surface area contributed by atoms with E-state index in [1.165, 1.54) is 6.92 Å². The van der Waals surface area contributed by atoms with E-state index in [9.17, 15) is 14.7 Å². The van der Waals surface area contributed by atoms with Crippen LogP contribution in [0.5, 0.6) is 0 Å². The van der Waals surface area contributed by atoms with Gasteiger partial charge in [-0.1, -0.05) is 48.5 Å². The molecule has 1 atom stereocenters. The second-order valence-corrected chi connectivity index (χ2v) is 6.40. The molecule has 4 heteroatoms. The summed E-state index contributed by atoms with van der Waals surface area (Å²) >= 11 is 0. The third-order valence-electron chi connectivity index (χ3n) is 4.52. The van der Waals surface area contributed by atoms with Crippen molar-refractivity contribution < 1.29 is 14.7 Å². The molecule has 0 aromatic heterocycles. The van der Waals surface area contributed by atoms with Gasteiger partial charge in [-0.05, 0) is 31.4 Å². The molecule has 2 aromatic rings. The third kappa shape index (κ3) is 2.74. The minimum atomic E-state index is -1.75. The lowest BCUT2D eigenvalue weighted by Gasteiger charge is -2.22. The first-order valence-electron chi connectivity index (χ1n) is 8.11. The number of hydrogen-bond acceptors (Lipinski definition) is 3. The molecule has 0 bridgehead atoms. The Labute approximate surface area is 141 Å². The largest absolute Gasteiger partial charge is 0.375 e. The number of hydrogen-bond donors (Lipinski definition) is 1. The zero-order valence-corrected chi connectivity index (χ0v) is 14.0. The zero-order valence-electron chi connectivity index (χ0n) is 14.0. The topological polar surface area (TPSA) is 57.6 Å². The molecule has 1 amide bonds. The summed E-state index contributed by atoms with van der Waals surface area (Å²) in [7, 11) is 0. The predicted molar refractivity (Wildman–Crippen MR) is 92.9 cm³/mol. The number of carbonyl (C=O) groups excluding carboxylic acids is 2. The molecule has 0 aliphatic carbocycles. The predicted octanol–water partition coefficient (Wildman–Crippen LogP) is 2.75. The monoisotopic (exact) mass is 323 g/mol. The average Bonchev–Trinajstić information content (AvgIpc) is 2.76. The summed E-state index contributed by atoms with van der Waals surface area (Å²) in [4.78, 5) is 26.1. The maximum absolute atomic E-state index is 12.9. The number of para-hydroxylation sites is 1. The van der Waals surface area contributed by atoms with Gasteiger partial charge in [0, 0.05) is 18.5 Å². The van der Waals surface area contributed by atoms with Crippen molar-refractivity contribution >= 4 is 17.4 Å². The highest BCUT2D eigenvalue weighted by Gasteiger charge is 2.50. The van der Waals surface area contributed by atoms with Crippen LogP contribution in [-0.4, -0.2) is 23.3 Å². The van der Waals surface area contributed by atoms with Crippen molar-refractivity contribution in [3.8, 4) is 0 Å². The fraction of sp³-hybridized carbons (Fsp3) is 0.300. The van der Waals surface area contributed by atoms with Crippen LogP contribution in [0.4, 0.5) is 5.69 Å². The Bertz CT molecular complexity index is 785. The molecule has 4 nitrogen and oxygen atoms in total. The summed E-state index contributed by atoms with van der Waals surface area (Å²) in [5, 5.41) is 11.0. The molecule has 24 heavy (non-hydrogen) atoms. The first-order chi connectivity index (χ1) is 11.4. The van der Waals surface area contributed by atoms with Crippen molar-refractivity contribution in [1.29, 1.82) is 0 Å². The Morgan fingerprint density at radius 1 is 1.12 bits per heavy atom. The molecule has 0 saturated carbocycles. The first kappa shape index (κ1) is 16.4. The van der Waals surface area contributed by atoms with Crippen LogP contribution in [0.1, 0.15) is 30.0 Å². The van der Waals surface area contributed by atoms with Crippen LogP contribution >= 0.6 is 0 Å². The van der Waals surface area contributed by atoms with Crippen LogP contribution in [0.25, 0.3) is 0 Å². The van der Waals surface area contributed by atoms with Crippen LogP contribution in [0, 0.1) is 6.92 Å². The van der Waals surface area contributed by atoms with Crippen molar-refractivity contribution in [3.63, 3.8) is 0 Å². The number of ketones is 1. The van der Waals surface area contributed by atoms with E-state index in [1.54, 1.807) is 11.0 Å². The molecule has 1 N–H and O–H groups in total. The van der Waals surface area contributed by atoms with E-state index in [4.69, 9.17) is 0 Å². The molecule has 1 aliphatic heterocycles. The van der Waals surface area contributed by atoms with Gasteiger partial charge < -0.3 is 10.0 Å². The smallest absolute Gasteiger partial charge is 0.264 e. The Morgan fingerprint density at radius 2 is 1.83 bits per heavy atom. The lowest BCUT2D eigenvalue weighted by Crippen LogP contribution is -2.42. The lowest BCUT2D eigenvalue weighted by atomic mass is 9.89. The molecular formula is C20H21NO3. The van der Waals surface area contributed by atoms with E-state index in [-0.39, 0.29) is 12.2 Å². The molecule has 1 unspecified atom stereocenters. The number of fused-ring (bicyclic) bond motifs is 1. The Hall–Kier alpha value is -2.46. The summed E-state index contributed by atoms with van der Waals surface area (Å²) in [6.07, 6.45) is 0.501. The zero-order chi connectivity index (χ0) is 17.3. The van der Waals surface area contributed by atoms with Crippen molar-refractivity contribution in [2.75, 3.05) is 11.4 Å². The number of rotatable bonds is 5. The number of aryl methyl sites for hydroxylation is 1. The second kappa shape index (κ2) is 6.21. The lowest BCUT2D eigenvalue weighted by molar-refractivity contribution is -0.141. The normalized spacial score (nSPS) is 19.5. The van der Waals surface area contributed by atoms with E-state index in [0.717, 1.165) is 16.8 Å². The second-order valence-electron chi connectivity index (χ2n) is 6.40. The number of amides is 1. The van der Waals surface area contributed by atoms with E-state index in [2.05, 4.69) is 0 Å². The van der Waals surface area contributed by atoms with Crippen molar-refractivity contribution in [2.24, 2.45) is 0 Å². The van der Waals surface area contributed by atoms with Crippen molar-refractivity contribution in [1.82, 2.24) is 0 Å². The van der Waals surface area contributed by atoms with Gasteiger partial charge in [-0.3, -0.25) is 9.59 Å². The van der Waals surface area contributed by atoms with Gasteiger partial charge in [0.25, 0.3) is 5.91 Å². The third-order valence-corrected chi connectivity index (χ3v) is 4.52. The summed E-state index contributed by atoms with van der Waals surface area (Å²) in [6, 6.07) is 15.4. The van der Waals surface area contributed by atoms with Gasteiger partial charge in [0.1, 0.15) is 5.78 Å². The fourth-order valence-corrected chi connectivity index (χ4v) is 3.42. The molecule has 2 aromatic carbocycles. The van der Waals surface area contributed by atoms with E-state index >= 15 is 0 Å². The first-order valence-corrected chi connectivity index (χ1v) is 8.11. The fourth-order valence-electron chi connectivity index (χ4n) is 3.42. The SMILES string of the molecule is CC(=O)CC1(O)C(=O)N(CCc2ccccc2)c2c(C)cccc21. The standard InChI is InChI=1S/C20H21NO3/c1-14-7-6-10-17-18(14)21(12-11-16-8-4-3-5-9-16)19(23)20(17,24)13-15(2)22/h3-10,24H,11-13H2,1-2H3. The Morgan fingerprint density at radius 3 is 2.50 bits per heavy atom. The van der Waals surface area contributed by atoms with Gasteiger partial charge in [0.2, 0.25) is 0 Å². The van der Waals surface area contributed by atoms with Crippen LogP contribution < -0.4 is 4.90 Å². The summed E-state index contributed by atoms with van der Waals surface area (Å²) in [5.41, 5.74) is 1.58. The Balaban J connectivity index is 1.96. The molecular weight excluding hydrogens is 302 g/mol. The number of anilines is 1. The van der Waals surface area contributed by atoms with E-state index in [0.29, 0.717) is 18.5 Å². The summed E-state index contributed by atoms with van der Waals surface area (Å²) < 4.78 is 0. The van der Waals surface area contributed by atoms with Crippen LogP contribution in [0.15, 0.2) is 48.5 Å². The number of carbonyl (C=O) groups is 2. The highest BCUT2D eigenvalue weighted by molar-refractivity contribution is 6.09. The molecule has 0 saturated heterocycles. The summed E-state index contributed by atoms with van der Waals surface area (Å²) in [6.45, 7) is 3.79. The van der Waals surface area contributed by atoms with Gasteiger partial charge in [-0.15, -0.1) is 0 Å². The van der Waals surface area contributed by atoms with Gasteiger partial charge in [0.15, 0.2) is 5.60 Å². The Kier molecular flexibility index (Phi) is 4.24. The molecule has 3 rings (SSSR count). The minimum absolute atomic E-state index is 0.190. The molecule has 1 aliphatic rings. The van der Waals surface area contributed by atoms with Gasteiger partial charge in [-0.2, -0.15) is 0 Å². The molecule has 0 radical (unpaired) electrons. The molecule has 0 fully saturated rings. The molecule has 0 spiro atoms. The van der Waals surface area contributed by atoms with Crippen LogP contribution in [0.2, 0.25) is 0 Å². The van der Waals surface area contributed by atoms with Crippen molar-refractivity contribution in [3.05, 3.63) is 65.2 Å². The number of aliphatic hydroxyl groups is 1. The van der Waals surface area contributed by atoms with Gasteiger partial charge >= 0.3 is 0 Å². The van der Waals surface area contributed by atoms with Crippen LogP contribution in [-0.2, 0) is 21.6 Å². The maximum atomic E-state index is 12.9. The average molecular weight is 323 g/mol. The summed E-state index contributed by atoms with van der Waals surface area (Å²) in [5.74, 6) is -0.610. The molecule has 1 heterocycles. The van der Waals surface area contributed by atoms with Crippen LogP contribution in [0.3, 0.4) is 0 Å². The van der Waals surface area contributed by atoms with E-state index < -0.39 is 11.5 Å². The van der Waals surface area contributed by atoms with Crippen molar-refractivity contribution in [2.45, 2.75) is 32.3 Å². The quantitative estimate of drug-likeness (QED) is 0.920.